The van der Waals surface area contributed by atoms with E-state index < -0.39 is 9.84 Å². The first-order chi connectivity index (χ1) is 15.8. The van der Waals surface area contributed by atoms with Crippen molar-refractivity contribution in [3.05, 3.63) is 59.4 Å². The van der Waals surface area contributed by atoms with Crippen LogP contribution in [0.15, 0.2) is 47.5 Å². The summed E-state index contributed by atoms with van der Waals surface area (Å²) in [6, 6.07) is 10.7. The molecule has 4 rings (SSSR count). The third-order valence-electron chi connectivity index (χ3n) is 6.80. The molecule has 33 heavy (non-hydrogen) atoms. The maximum Gasteiger partial charge on any atom is 0.222 e. The zero-order chi connectivity index (χ0) is 23.6. The Morgan fingerprint density at radius 3 is 2.42 bits per heavy atom. The van der Waals surface area contributed by atoms with E-state index in [2.05, 4.69) is 4.98 Å². The summed E-state index contributed by atoms with van der Waals surface area (Å²) in [4.78, 5) is 32.1. The van der Waals surface area contributed by atoms with Crippen molar-refractivity contribution in [2.45, 2.75) is 68.4 Å². The van der Waals surface area contributed by atoms with Crippen LogP contribution in [0.5, 0.6) is 0 Å². The van der Waals surface area contributed by atoms with Crippen molar-refractivity contribution in [3.8, 4) is 0 Å². The second kappa shape index (κ2) is 9.75. The Hall–Kier alpha value is -2.54. The maximum atomic E-state index is 13.4. The molecule has 2 aliphatic rings. The zero-order valence-electron chi connectivity index (χ0n) is 19.4. The lowest BCUT2D eigenvalue weighted by Gasteiger charge is -2.21. The molecule has 6 nitrogen and oxygen atoms in total. The fourth-order valence-corrected chi connectivity index (χ4v) is 6.28. The van der Waals surface area contributed by atoms with Gasteiger partial charge in [-0.15, -0.1) is 0 Å². The van der Waals surface area contributed by atoms with Crippen molar-refractivity contribution in [1.82, 2.24) is 9.88 Å². The van der Waals surface area contributed by atoms with E-state index in [9.17, 15) is 18.0 Å². The fourth-order valence-electron chi connectivity index (χ4n) is 4.63. The monoisotopic (exact) mass is 468 g/mol. The molecule has 2 heterocycles. The molecule has 1 saturated carbocycles. The number of hydrogen-bond acceptors (Lipinski definition) is 5. The number of pyridine rings is 1. The highest BCUT2D eigenvalue weighted by Gasteiger charge is 2.37. The molecule has 0 spiro atoms. The smallest absolute Gasteiger partial charge is 0.222 e. The van der Waals surface area contributed by atoms with Crippen molar-refractivity contribution in [3.63, 3.8) is 0 Å². The predicted octanol–water partition coefficient (Wildman–Crippen LogP) is 3.87. The predicted molar refractivity (Wildman–Crippen MR) is 127 cm³/mol. The molecule has 7 heteroatoms. The number of amides is 1. The first kappa shape index (κ1) is 23.6. The summed E-state index contributed by atoms with van der Waals surface area (Å²) in [5.74, 6) is 0.117. The Morgan fingerprint density at radius 2 is 1.82 bits per heavy atom. The highest BCUT2D eigenvalue weighted by molar-refractivity contribution is 7.92. The minimum Gasteiger partial charge on any atom is -0.342 e. The van der Waals surface area contributed by atoms with Gasteiger partial charge in [-0.25, -0.2) is 8.42 Å². The lowest BCUT2D eigenvalue weighted by atomic mass is 9.84. The molecule has 176 valence electrons. The van der Waals surface area contributed by atoms with Gasteiger partial charge in [0.05, 0.1) is 10.1 Å². The van der Waals surface area contributed by atoms with Crippen LogP contribution >= 0.6 is 0 Å². The number of Topliss-reactive ketones (excluding diaryl/α,β-unsaturated/α-hetero) is 1. The van der Waals surface area contributed by atoms with Crippen LogP contribution in [-0.2, 0) is 25.8 Å². The summed E-state index contributed by atoms with van der Waals surface area (Å²) in [5.41, 5.74) is 2.61. The van der Waals surface area contributed by atoms with Gasteiger partial charge >= 0.3 is 0 Å². The number of sulfone groups is 1. The van der Waals surface area contributed by atoms with Gasteiger partial charge in [-0.2, -0.15) is 0 Å². The van der Waals surface area contributed by atoms with Crippen LogP contribution in [0.4, 0.5) is 0 Å². The summed E-state index contributed by atoms with van der Waals surface area (Å²) in [6.45, 7) is 5.24. The molecule has 2 fully saturated rings. The first-order valence-corrected chi connectivity index (χ1v) is 13.4. The van der Waals surface area contributed by atoms with Gasteiger partial charge in [0.25, 0.3) is 0 Å². The Labute approximate surface area is 196 Å². The van der Waals surface area contributed by atoms with E-state index in [0.29, 0.717) is 24.3 Å². The number of rotatable bonds is 9. The Balaban J connectivity index is 1.54. The molecule has 1 aliphatic carbocycles. The Bertz CT molecular complexity index is 1110. The van der Waals surface area contributed by atoms with Crippen molar-refractivity contribution >= 4 is 21.5 Å². The SMILES string of the molecule is CCC(=O)N1CC[C@H](C[C@@H](C(=O)Cc2ccc(C)cn2)c2ccc(S(=O)(=O)C3CC3)cc2)C1. The number of aromatic nitrogens is 1. The molecular weight excluding hydrogens is 436 g/mol. The van der Waals surface area contributed by atoms with Gasteiger partial charge in [-0.05, 0) is 67.9 Å². The van der Waals surface area contributed by atoms with Crippen LogP contribution < -0.4 is 0 Å². The number of hydrogen-bond donors (Lipinski definition) is 0. The van der Waals surface area contributed by atoms with E-state index in [1.54, 1.807) is 30.5 Å². The minimum absolute atomic E-state index is 0.0735. The summed E-state index contributed by atoms with van der Waals surface area (Å²) in [5, 5.41) is -0.256. The molecule has 0 radical (unpaired) electrons. The number of aryl methyl sites for hydroxylation is 1. The third kappa shape index (κ3) is 5.52. The van der Waals surface area contributed by atoms with Gasteiger partial charge < -0.3 is 4.90 Å². The summed E-state index contributed by atoms with van der Waals surface area (Å²) in [6.07, 6.45) is 5.47. The summed E-state index contributed by atoms with van der Waals surface area (Å²) >= 11 is 0. The second-order valence-electron chi connectivity index (χ2n) is 9.42. The second-order valence-corrected chi connectivity index (χ2v) is 11.6. The van der Waals surface area contributed by atoms with Crippen LogP contribution in [0.25, 0.3) is 0 Å². The van der Waals surface area contributed by atoms with Crippen LogP contribution in [0.2, 0.25) is 0 Å². The van der Waals surface area contributed by atoms with E-state index in [4.69, 9.17) is 0 Å². The Kier molecular flexibility index (Phi) is 6.98. The van der Waals surface area contributed by atoms with E-state index in [1.807, 2.05) is 30.9 Å². The topological polar surface area (TPSA) is 84.4 Å². The average molecular weight is 469 g/mol. The van der Waals surface area contributed by atoms with Gasteiger partial charge in [0, 0.05) is 43.7 Å². The molecule has 1 aromatic carbocycles. The van der Waals surface area contributed by atoms with Crippen molar-refractivity contribution in [1.29, 1.82) is 0 Å². The van der Waals surface area contributed by atoms with Gasteiger partial charge in [0.1, 0.15) is 5.78 Å². The highest BCUT2D eigenvalue weighted by atomic mass is 32.2. The molecule has 1 aromatic heterocycles. The number of likely N-dealkylation sites (tertiary alicyclic amines) is 1. The van der Waals surface area contributed by atoms with Crippen molar-refractivity contribution < 1.29 is 18.0 Å². The number of ketones is 1. The first-order valence-electron chi connectivity index (χ1n) is 11.8. The van der Waals surface area contributed by atoms with Crippen LogP contribution in [-0.4, -0.2) is 48.3 Å². The van der Waals surface area contributed by atoms with E-state index in [1.165, 1.54) is 0 Å². The standard InChI is InChI=1S/C26H32N2O4S/c1-3-26(30)28-13-12-19(17-28)14-24(25(29)15-21-7-4-18(2)16-27-21)20-5-8-22(9-6-20)33(31,32)23-10-11-23/h4-9,16,19,23-24H,3,10-15,17H2,1-2H3/t19-,24-/m1/s1. The quantitative estimate of drug-likeness (QED) is 0.558. The lowest BCUT2D eigenvalue weighted by Crippen LogP contribution is -2.28. The zero-order valence-corrected chi connectivity index (χ0v) is 20.2. The van der Waals surface area contributed by atoms with Crippen LogP contribution in [0.1, 0.15) is 61.8 Å². The molecule has 1 amide bonds. The molecular formula is C26H32N2O4S. The highest BCUT2D eigenvalue weighted by Crippen LogP contribution is 2.35. The minimum atomic E-state index is -3.26. The third-order valence-corrected chi connectivity index (χ3v) is 9.08. The fraction of sp³-hybridized carbons (Fsp3) is 0.500. The number of benzene rings is 1. The lowest BCUT2D eigenvalue weighted by molar-refractivity contribution is -0.129. The Morgan fingerprint density at radius 1 is 1.09 bits per heavy atom. The van der Waals surface area contributed by atoms with Crippen LogP contribution in [0.3, 0.4) is 0 Å². The van der Waals surface area contributed by atoms with Gasteiger partial charge in [-0.1, -0.05) is 25.1 Å². The van der Waals surface area contributed by atoms with E-state index >= 15 is 0 Å². The number of carbonyl (C=O) groups excluding carboxylic acids is 2. The van der Waals surface area contributed by atoms with Crippen LogP contribution in [0, 0.1) is 12.8 Å². The van der Waals surface area contributed by atoms with Crippen molar-refractivity contribution in [2.24, 2.45) is 5.92 Å². The van der Waals surface area contributed by atoms with Crippen molar-refractivity contribution in [2.75, 3.05) is 13.1 Å². The molecule has 0 bridgehead atoms. The molecule has 1 saturated heterocycles. The van der Waals surface area contributed by atoms with E-state index in [-0.39, 0.29) is 35.2 Å². The summed E-state index contributed by atoms with van der Waals surface area (Å²) < 4.78 is 25.1. The molecule has 2 atom stereocenters. The molecule has 1 aliphatic heterocycles. The number of nitrogens with zero attached hydrogens (tertiary/aromatic N) is 2. The largest absolute Gasteiger partial charge is 0.342 e. The average Bonchev–Trinajstić information content (AvgIpc) is 3.58. The summed E-state index contributed by atoms with van der Waals surface area (Å²) in [7, 11) is -3.26. The van der Waals surface area contributed by atoms with E-state index in [0.717, 1.165) is 42.6 Å². The maximum absolute atomic E-state index is 13.4. The van der Waals surface area contributed by atoms with Gasteiger partial charge in [0.2, 0.25) is 5.91 Å². The number of carbonyl (C=O) groups is 2. The van der Waals surface area contributed by atoms with Gasteiger partial charge in [0.15, 0.2) is 9.84 Å². The molecule has 0 N–H and O–H groups in total. The molecule has 0 unspecified atom stereocenters. The normalized spacial score (nSPS) is 19.5. The van der Waals surface area contributed by atoms with Gasteiger partial charge in [-0.3, -0.25) is 14.6 Å². The molecule has 2 aromatic rings.